The van der Waals surface area contributed by atoms with Crippen LogP contribution in [0.1, 0.15) is 18.1 Å². The lowest BCUT2D eigenvalue weighted by molar-refractivity contribution is -0.120. The van der Waals surface area contributed by atoms with Crippen molar-refractivity contribution in [1.82, 2.24) is 20.8 Å². The maximum atomic E-state index is 10.9. The number of rotatable bonds is 6. The zero-order valence-electron chi connectivity index (χ0n) is 9.04. The predicted molar refractivity (Wildman–Crippen MR) is 54.3 cm³/mol. The Labute approximate surface area is 88.4 Å². The van der Waals surface area contributed by atoms with Crippen molar-refractivity contribution in [2.24, 2.45) is 0 Å². The molecule has 6 heteroatoms. The lowest BCUT2D eigenvalue weighted by Crippen LogP contribution is -2.26. The highest BCUT2D eigenvalue weighted by atomic mass is 16.5. The Balaban J connectivity index is 2.05. The summed E-state index contributed by atoms with van der Waals surface area (Å²) in [5.41, 5.74) is 0. The molecule has 1 rings (SSSR count). The van der Waals surface area contributed by atoms with Crippen LogP contribution in [0.5, 0.6) is 0 Å². The van der Waals surface area contributed by atoms with Gasteiger partial charge in [-0.25, -0.2) is 0 Å². The molecule has 0 fully saturated rings. The molecule has 15 heavy (non-hydrogen) atoms. The molecule has 0 aliphatic rings. The van der Waals surface area contributed by atoms with E-state index in [0.717, 1.165) is 6.54 Å². The zero-order chi connectivity index (χ0) is 11.1. The van der Waals surface area contributed by atoms with Crippen LogP contribution in [0.2, 0.25) is 0 Å². The van der Waals surface area contributed by atoms with E-state index in [2.05, 4.69) is 20.8 Å². The van der Waals surface area contributed by atoms with Crippen LogP contribution in [-0.4, -0.2) is 36.2 Å². The average molecular weight is 212 g/mol. The smallest absolute Gasteiger partial charge is 0.227 e. The van der Waals surface area contributed by atoms with Crippen LogP contribution in [0.15, 0.2) is 4.52 Å². The molecule has 0 aromatic carbocycles. The van der Waals surface area contributed by atoms with Gasteiger partial charge in [-0.2, -0.15) is 4.98 Å². The van der Waals surface area contributed by atoms with Gasteiger partial charge in [0.25, 0.3) is 0 Å². The SMILES string of the molecule is CNC(=O)CCNCCc1nc(C)no1. The van der Waals surface area contributed by atoms with Crippen LogP contribution in [-0.2, 0) is 11.2 Å². The van der Waals surface area contributed by atoms with E-state index < -0.39 is 0 Å². The van der Waals surface area contributed by atoms with Gasteiger partial charge in [-0.15, -0.1) is 0 Å². The molecule has 2 N–H and O–H groups in total. The van der Waals surface area contributed by atoms with Gasteiger partial charge in [0.05, 0.1) is 0 Å². The van der Waals surface area contributed by atoms with Crippen molar-refractivity contribution in [2.75, 3.05) is 20.1 Å². The second-order valence-electron chi connectivity index (χ2n) is 3.16. The second kappa shape index (κ2) is 6.13. The third-order valence-electron chi connectivity index (χ3n) is 1.89. The first-order valence-corrected chi connectivity index (χ1v) is 4.93. The first-order chi connectivity index (χ1) is 7.22. The van der Waals surface area contributed by atoms with Gasteiger partial charge in [0, 0.05) is 33.0 Å². The molecule has 1 amide bonds. The van der Waals surface area contributed by atoms with Gasteiger partial charge in [0.1, 0.15) is 0 Å². The fraction of sp³-hybridized carbons (Fsp3) is 0.667. The molecule has 0 aliphatic heterocycles. The Bertz CT molecular complexity index is 311. The average Bonchev–Trinajstić information content (AvgIpc) is 2.63. The minimum absolute atomic E-state index is 0.0381. The minimum Gasteiger partial charge on any atom is -0.359 e. The summed E-state index contributed by atoms with van der Waals surface area (Å²) in [6.45, 7) is 3.18. The molecule has 0 aliphatic carbocycles. The summed E-state index contributed by atoms with van der Waals surface area (Å²) >= 11 is 0. The number of aryl methyl sites for hydroxylation is 1. The fourth-order valence-corrected chi connectivity index (χ4v) is 1.09. The maximum absolute atomic E-state index is 10.9. The second-order valence-corrected chi connectivity index (χ2v) is 3.16. The molecule has 1 aromatic rings. The van der Waals surface area contributed by atoms with Crippen LogP contribution in [0.25, 0.3) is 0 Å². The molecule has 0 bridgehead atoms. The molecule has 0 spiro atoms. The number of carbonyl (C=O) groups excluding carboxylic acids is 1. The molecule has 0 unspecified atom stereocenters. The molecule has 0 radical (unpaired) electrons. The normalized spacial score (nSPS) is 10.3. The lowest BCUT2D eigenvalue weighted by atomic mass is 10.3. The largest absolute Gasteiger partial charge is 0.359 e. The number of carbonyl (C=O) groups is 1. The molecule has 6 nitrogen and oxygen atoms in total. The van der Waals surface area contributed by atoms with Crippen LogP contribution in [0, 0.1) is 6.92 Å². The lowest BCUT2D eigenvalue weighted by Gasteiger charge is -2.01. The first kappa shape index (κ1) is 11.6. The number of nitrogens with zero attached hydrogens (tertiary/aromatic N) is 2. The van der Waals surface area contributed by atoms with Gasteiger partial charge in [0.2, 0.25) is 11.8 Å². The van der Waals surface area contributed by atoms with Gasteiger partial charge in [0.15, 0.2) is 5.82 Å². The number of aromatic nitrogens is 2. The Morgan fingerprint density at radius 2 is 2.27 bits per heavy atom. The van der Waals surface area contributed by atoms with E-state index in [4.69, 9.17) is 4.52 Å². The Morgan fingerprint density at radius 1 is 1.47 bits per heavy atom. The van der Waals surface area contributed by atoms with Crippen LogP contribution < -0.4 is 10.6 Å². The fourth-order valence-electron chi connectivity index (χ4n) is 1.09. The van der Waals surface area contributed by atoms with Crippen molar-refractivity contribution in [3.8, 4) is 0 Å². The maximum Gasteiger partial charge on any atom is 0.227 e. The summed E-state index contributed by atoms with van der Waals surface area (Å²) in [6, 6.07) is 0. The van der Waals surface area contributed by atoms with Crippen molar-refractivity contribution >= 4 is 5.91 Å². The van der Waals surface area contributed by atoms with E-state index in [0.29, 0.717) is 31.1 Å². The molecule has 0 saturated carbocycles. The molecule has 1 aromatic heterocycles. The van der Waals surface area contributed by atoms with Crippen molar-refractivity contribution in [3.05, 3.63) is 11.7 Å². The van der Waals surface area contributed by atoms with Gasteiger partial charge in [-0.1, -0.05) is 5.16 Å². The van der Waals surface area contributed by atoms with Crippen molar-refractivity contribution in [2.45, 2.75) is 19.8 Å². The quantitative estimate of drug-likeness (QED) is 0.630. The van der Waals surface area contributed by atoms with E-state index in [1.54, 1.807) is 14.0 Å². The zero-order valence-corrected chi connectivity index (χ0v) is 9.04. The van der Waals surface area contributed by atoms with Crippen LogP contribution >= 0.6 is 0 Å². The summed E-state index contributed by atoms with van der Waals surface area (Å²) in [6.07, 6.45) is 1.17. The third-order valence-corrected chi connectivity index (χ3v) is 1.89. The van der Waals surface area contributed by atoms with E-state index in [9.17, 15) is 4.79 Å². The highest BCUT2D eigenvalue weighted by Crippen LogP contribution is 1.95. The van der Waals surface area contributed by atoms with E-state index in [-0.39, 0.29) is 5.91 Å². The monoisotopic (exact) mass is 212 g/mol. The summed E-state index contributed by atoms with van der Waals surface area (Å²) in [4.78, 5) is 14.9. The van der Waals surface area contributed by atoms with Crippen LogP contribution in [0.3, 0.4) is 0 Å². The molecule has 1 heterocycles. The molecular weight excluding hydrogens is 196 g/mol. The van der Waals surface area contributed by atoms with Gasteiger partial charge in [-0.05, 0) is 6.92 Å². The minimum atomic E-state index is 0.0381. The Morgan fingerprint density at radius 3 is 2.87 bits per heavy atom. The van der Waals surface area contributed by atoms with Crippen LogP contribution in [0.4, 0.5) is 0 Å². The van der Waals surface area contributed by atoms with Crippen molar-refractivity contribution in [3.63, 3.8) is 0 Å². The molecular formula is C9H16N4O2. The summed E-state index contributed by atoms with van der Waals surface area (Å²) < 4.78 is 4.93. The van der Waals surface area contributed by atoms with Gasteiger partial charge < -0.3 is 15.2 Å². The summed E-state index contributed by atoms with van der Waals surface area (Å²) in [5.74, 6) is 1.31. The molecule has 84 valence electrons. The van der Waals surface area contributed by atoms with Crippen molar-refractivity contribution in [1.29, 1.82) is 0 Å². The summed E-state index contributed by atoms with van der Waals surface area (Å²) in [7, 11) is 1.63. The predicted octanol–water partition coefficient (Wildman–Crippen LogP) is -0.354. The Hall–Kier alpha value is -1.43. The number of hydrogen-bond donors (Lipinski definition) is 2. The highest BCUT2D eigenvalue weighted by molar-refractivity contribution is 5.75. The van der Waals surface area contributed by atoms with E-state index >= 15 is 0 Å². The number of nitrogens with one attached hydrogen (secondary N) is 2. The standard InChI is InChI=1S/C9H16N4O2/c1-7-12-9(15-13-7)4-6-11-5-3-8(14)10-2/h11H,3-6H2,1-2H3,(H,10,14). The number of hydrogen-bond acceptors (Lipinski definition) is 5. The van der Waals surface area contributed by atoms with Gasteiger partial charge >= 0.3 is 0 Å². The molecule has 0 saturated heterocycles. The topological polar surface area (TPSA) is 80.0 Å². The van der Waals surface area contributed by atoms with Gasteiger partial charge in [-0.3, -0.25) is 4.79 Å². The van der Waals surface area contributed by atoms with E-state index in [1.807, 2.05) is 0 Å². The summed E-state index contributed by atoms with van der Waals surface area (Å²) in [5, 5.41) is 9.36. The van der Waals surface area contributed by atoms with Crippen molar-refractivity contribution < 1.29 is 9.32 Å². The first-order valence-electron chi connectivity index (χ1n) is 4.93. The Kier molecular flexibility index (Phi) is 4.76. The number of amides is 1. The highest BCUT2D eigenvalue weighted by Gasteiger charge is 2.01. The van der Waals surface area contributed by atoms with E-state index in [1.165, 1.54) is 0 Å². The molecule has 0 atom stereocenters. The third kappa shape index (κ3) is 4.55.